The number of rotatable bonds is 4. The SMILES string of the molecule is Cc1ccc(C(=O)Nc2ccc(C)c(NC(=O)c3cn(C)cn3)c2)cc1. The van der Waals surface area contributed by atoms with Gasteiger partial charge in [0.1, 0.15) is 5.69 Å². The summed E-state index contributed by atoms with van der Waals surface area (Å²) in [5.41, 5.74) is 4.13. The van der Waals surface area contributed by atoms with E-state index in [4.69, 9.17) is 0 Å². The molecule has 3 rings (SSSR count). The molecule has 2 aromatic carbocycles. The molecule has 3 aromatic rings. The van der Waals surface area contributed by atoms with Gasteiger partial charge in [-0.2, -0.15) is 0 Å². The normalized spacial score (nSPS) is 10.4. The van der Waals surface area contributed by atoms with Crippen LogP contribution < -0.4 is 10.6 Å². The molecule has 0 spiro atoms. The van der Waals surface area contributed by atoms with Crippen LogP contribution in [0.15, 0.2) is 55.0 Å². The Morgan fingerprint density at radius 3 is 2.35 bits per heavy atom. The molecule has 0 bridgehead atoms. The monoisotopic (exact) mass is 348 g/mol. The Balaban J connectivity index is 1.75. The fraction of sp³-hybridized carbons (Fsp3) is 0.150. The summed E-state index contributed by atoms with van der Waals surface area (Å²) in [6.45, 7) is 3.86. The molecule has 26 heavy (non-hydrogen) atoms. The van der Waals surface area contributed by atoms with Crippen molar-refractivity contribution in [3.05, 3.63) is 77.4 Å². The van der Waals surface area contributed by atoms with Gasteiger partial charge in [-0.05, 0) is 43.7 Å². The molecule has 0 saturated carbocycles. The predicted molar refractivity (Wildman–Crippen MR) is 101 cm³/mol. The second kappa shape index (κ2) is 7.23. The molecule has 2 N–H and O–H groups in total. The largest absolute Gasteiger partial charge is 0.340 e. The number of aryl methyl sites for hydroxylation is 3. The lowest BCUT2D eigenvalue weighted by atomic mass is 10.1. The van der Waals surface area contributed by atoms with Gasteiger partial charge in [-0.15, -0.1) is 0 Å². The Hall–Kier alpha value is -3.41. The average Bonchev–Trinajstić information content (AvgIpc) is 3.05. The van der Waals surface area contributed by atoms with E-state index in [1.807, 2.05) is 32.0 Å². The number of nitrogens with one attached hydrogen (secondary N) is 2. The Labute approximate surface area is 151 Å². The van der Waals surface area contributed by atoms with Gasteiger partial charge < -0.3 is 15.2 Å². The summed E-state index contributed by atoms with van der Waals surface area (Å²) >= 11 is 0. The van der Waals surface area contributed by atoms with E-state index in [2.05, 4.69) is 15.6 Å². The first-order chi connectivity index (χ1) is 12.4. The van der Waals surface area contributed by atoms with E-state index in [-0.39, 0.29) is 11.8 Å². The first kappa shape index (κ1) is 17.4. The van der Waals surface area contributed by atoms with Gasteiger partial charge in [0.2, 0.25) is 0 Å². The number of carbonyl (C=O) groups excluding carboxylic acids is 2. The maximum atomic E-state index is 12.4. The number of amides is 2. The average molecular weight is 348 g/mol. The van der Waals surface area contributed by atoms with E-state index in [0.717, 1.165) is 11.1 Å². The smallest absolute Gasteiger partial charge is 0.275 e. The Morgan fingerprint density at radius 2 is 1.69 bits per heavy atom. The first-order valence-corrected chi connectivity index (χ1v) is 8.20. The van der Waals surface area contributed by atoms with Crippen molar-refractivity contribution >= 4 is 23.2 Å². The Kier molecular flexibility index (Phi) is 4.84. The topological polar surface area (TPSA) is 76.0 Å². The van der Waals surface area contributed by atoms with E-state index < -0.39 is 0 Å². The van der Waals surface area contributed by atoms with Crippen LogP contribution in [0.5, 0.6) is 0 Å². The molecule has 0 unspecified atom stereocenters. The summed E-state index contributed by atoms with van der Waals surface area (Å²) in [7, 11) is 1.80. The van der Waals surface area contributed by atoms with Crippen LogP contribution in [-0.2, 0) is 7.05 Å². The molecule has 6 nitrogen and oxygen atoms in total. The summed E-state index contributed by atoms with van der Waals surface area (Å²) in [5, 5.41) is 5.69. The van der Waals surface area contributed by atoms with Crippen LogP contribution in [0.4, 0.5) is 11.4 Å². The van der Waals surface area contributed by atoms with Crippen molar-refractivity contribution in [1.29, 1.82) is 0 Å². The maximum Gasteiger partial charge on any atom is 0.275 e. The molecule has 2 amide bonds. The van der Waals surface area contributed by atoms with Crippen molar-refractivity contribution in [2.75, 3.05) is 10.6 Å². The first-order valence-electron chi connectivity index (χ1n) is 8.20. The van der Waals surface area contributed by atoms with Gasteiger partial charge in [-0.25, -0.2) is 4.98 Å². The fourth-order valence-corrected chi connectivity index (χ4v) is 2.46. The van der Waals surface area contributed by atoms with Crippen LogP contribution in [0.2, 0.25) is 0 Å². The number of nitrogens with zero attached hydrogens (tertiary/aromatic N) is 2. The van der Waals surface area contributed by atoms with Crippen LogP contribution in [0.3, 0.4) is 0 Å². The Bertz CT molecular complexity index is 958. The Morgan fingerprint density at radius 1 is 0.962 bits per heavy atom. The number of anilines is 2. The van der Waals surface area contributed by atoms with Crippen molar-refractivity contribution in [1.82, 2.24) is 9.55 Å². The predicted octanol–water partition coefficient (Wildman–Crippen LogP) is 3.54. The van der Waals surface area contributed by atoms with Crippen LogP contribution in [0.1, 0.15) is 32.0 Å². The molecule has 0 saturated heterocycles. The molecular formula is C20H20N4O2. The van der Waals surface area contributed by atoms with E-state index in [1.54, 1.807) is 48.4 Å². The molecule has 0 aliphatic rings. The third-order valence-corrected chi connectivity index (χ3v) is 3.99. The maximum absolute atomic E-state index is 12.4. The van der Waals surface area contributed by atoms with Gasteiger partial charge in [-0.1, -0.05) is 23.8 Å². The lowest BCUT2D eigenvalue weighted by Crippen LogP contribution is -2.15. The number of benzene rings is 2. The third-order valence-electron chi connectivity index (χ3n) is 3.99. The highest BCUT2D eigenvalue weighted by molar-refractivity contribution is 6.06. The molecule has 0 aliphatic heterocycles. The van der Waals surface area contributed by atoms with Gasteiger partial charge in [-0.3, -0.25) is 9.59 Å². The van der Waals surface area contributed by atoms with Gasteiger partial charge in [0.15, 0.2) is 0 Å². The minimum Gasteiger partial charge on any atom is -0.340 e. The molecule has 0 aliphatic carbocycles. The molecule has 0 atom stereocenters. The molecule has 0 fully saturated rings. The van der Waals surface area contributed by atoms with Gasteiger partial charge in [0.25, 0.3) is 11.8 Å². The van der Waals surface area contributed by atoms with Crippen molar-refractivity contribution < 1.29 is 9.59 Å². The number of imidazole rings is 1. The summed E-state index contributed by atoms with van der Waals surface area (Å²) in [6.07, 6.45) is 3.22. The van der Waals surface area contributed by atoms with Gasteiger partial charge in [0, 0.05) is 30.2 Å². The lowest BCUT2D eigenvalue weighted by Gasteiger charge is -2.11. The standard InChI is InChI=1S/C20H20N4O2/c1-13-4-7-15(8-5-13)19(25)22-16-9-6-14(2)17(10-16)23-20(26)18-11-24(3)12-21-18/h4-12H,1-3H3,(H,22,25)(H,23,26). The lowest BCUT2D eigenvalue weighted by molar-refractivity contribution is 0.101. The second-order valence-electron chi connectivity index (χ2n) is 6.23. The number of hydrogen-bond acceptors (Lipinski definition) is 3. The second-order valence-corrected chi connectivity index (χ2v) is 6.23. The fourth-order valence-electron chi connectivity index (χ4n) is 2.46. The molecule has 6 heteroatoms. The van der Waals surface area contributed by atoms with E-state index in [1.165, 1.54) is 0 Å². The highest BCUT2D eigenvalue weighted by Crippen LogP contribution is 2.21. The van der Waals surface area contributed by atoms with Crippen LogP contribution >= 0.6 is 0 Å². The summed E-state index contributed by atoms with van der Waals surface area (Å²) in [6, 6.07) is 12.7. The van der Waals surface area contributed by atoms with Gasteiger partial charge in [0.05, 0.1) is 6.33 Å². The zero-order valence-electron chi connectivity index (χ0n) is 14.9. The quantitative estimate of drug-likeness (QED) is 0.757. The van der Waals surface area contributed by atoms with Crippen molar-refractivity contribution in [2.45, 2.75) is 13.8 Å². The minimum absolute atomic E-state index is 0.198. The zero-order chi connectivity index (χ0) is 18.7. The van der Waals surface area contributed by atoms with Crippen LogP contribution in [-0.4, -0.2) is 21.4 Å². The summed E-state index contributed by atoms with van der Waals surface area (Å²) < 4.78 is 1.71. The van der Waals surface area contributed by atoms with Crippen molar-refractivity contribution in [2.24, 2.45) is 7.05 Å². The molecule has 1 heterocycles. The number of aromatic nitrogens is 2. The van der Waals surface area contributed by atoms with E-state index >= 15 is 0 Å². The van der Waals surface area contributed by atoms with Crippen molar-refractivity contribution in [3.8, 4) is 0 Å². The highest BCUT2D eigenvalue weighted by Gasteiger charge is 2.12. The molecule has 0 radical (unpaired) electrons. The van der Waals surface area contributed by atoms with Crippen LogP contribution in [0, 0.1) is 13.8 Å². The van der Waals surface area contributed by atoms with Crippen LogP contribution in [0.25, 0.3) is 0 Å². The molecule has 132 valence electrons. The summed E-state index contributed by atoms with van der Waals surface area (Å²) in [5.74, 6) is -0.494. The minimum atomic E-state index is -0.296. The molecular weight excluding hydrogens is 328 g/mol. The third kappa shape index (κ3) is 3.97. The summed E-state index contributed by atoms with van der Waals surface area (Å²) in [4.78, 5) is 28.7. The van der Waals surface area contributed by atoms with Gasteiger partial charge >= 0.3 is 0 Å². The number of carbonyl (C=O) groups is 2. The van der Waals surface area contributed by atoms with E-state index in [0.29, 0.717) is 22.6 Å². The van der Waals surface area contributed by atoms with Crippen molar-refractivity contribution in [3.63, 3.8) is 0 Å². The molecule has 1 aromatic heterocycles. The zero-order valence-corrected chi connectivity index (χ0v) is 14.9. The van der Waals surface area contributed by atoms with E-state index in [9.17, 15) is 9.59 Å². The highest BCUT2D eigenvalue weighted by atomic mass is 16.2. The number of hydrogen-bond donors (Lipinski definition) is 2.